The van der Waals surface area contributed by atoms with Crippen molar-refractivity contribution in [3.63, 3.8) is 0 Å². The number of carbonyl (C=O) groups is 1. The number of carboxylic acids is 1. The minimum atomic E-state index is -0.953. The summed E-state index contributed by atoms with van der Waals surface area (Å²) in [5.74, 6) is -0.953. The average molecular weight is 235 g/mol. The van der Waals surface area contributed by atoms with E-state index in [2.05, 4.69) is 11.2 Å². The third-order valence-electron chi connectivity index (χ3n) is 2.67. The standard InChI is InChI=1S/C12H17N3O2/c1-9-10(11(16)17)7-15(14-9)6-4-5-12(2,3)8-13/h7H,4-6H2,1-3H3,(H,16,17). The SMILES string of the molecule is Cc1nn(CCCC(C)(C)C#N)cc1C(=O)O. The first-order chi connectivity index (χ1) is 7.85. The van der Waals surface area contributed by atoms with Crippen LogP contribution >= 0.6 is 0 Å². The molecule has 1 aromatic rings. The van der Waals surface area contributed by atoms with Gasteiger partial charge in [0.1, 0.15) is 5.56 Å². The van der Waals surface area contributed by atoms with E-state index in [0.717, 1.165) is 12.8 Å². The highest BCUT2D eigenvalue weighted by atomic mass is 16.4. The highest BCUT2D eigenvalue weighted by Crippen LogP contribution is 2.21. The summed E-state index contributed by atoms with van der Waals surface area (Å²) >= 11 is 0. The maximum absolute atomic E-state index is 10.8. The normalized spacial score (nSPS) is 11.2. The van der Waals surface area contributed by atoms with Crippen LogP contribution in [0.15, 0.2) is 6.20 Å². The van der Waals surface area contributed by atoms with E-state index in [0.29, 0.717) is 12.2 Å². The minimum absolute atomic E-state index is 0.240. The number of carboxylic acid groups (broad SMARTS) is 1. The van der Waals surface area contributed by atoms with Gasteiger partial charge >= 0.3 is 5.97 Å². The monoisotopic (exact) mass is 235 g/mol. The van der Waals surface area contributed by atoms with Crippen LogP contribution in [0, 0.1) is 23.7 Å². The highest BCUT2D eigenvalue weighted by Gasteiger charge is 2.16. The van der Waals surface area contributed by atoms with Gasteiger partial charge in [-0.3, -0.25) is 4.68 Å². The van der Waals surface area contributed by atoms with Crippen LogP contribution in [0.1, 0.15) is 42.7 Å². The van der Waals surface area contributed by atoms with E-state index in [-0.39, 0.29) is 11.0 Å². The van der Waals surface area contributed by atoms with Crippen molar-refractivity contribution >= 4 is 5.97 Å². The maximum Gasteiger partial charge on any atom is 0.339 e. The zero-order valence-corrected chi connectivity index (χ0v) is 10.4. The lowest BCUT2D eigenvalue weighted by Crippen LogP contribution is -2.09. The Morgan fingerprint density at radius 2 is 2.29 bits per heavy atom. The fourth-order valence-corrected chi connectivity index (χ4v) is 1.58. The van der Waals surface area contributed by atoms with E-state index < -0.39 is 5.97 Å². The summed E-state index contributed by atoms with van der Waals surface area (Å²) in [4.78, 5) is 10.8. The lowest BCUT2D eigenvalue weighted by molar-refractivity contribution is 0.0696. The molecule has 0 saturated heterocycles. The van der Waals surface area contributed by atoms with Crippen LogP contribution in [0.5, 0.6) is 0 Å². The van der Waals surface area contributed by atoms with E-state index in [1.807, 2.05) is 13.8 Å². The second-order valence-electron chi connectivity index (χ2n) is 4.80. The molecule has 0 aliphatic carbocycles. The molecule has 1 N–H and O–H groups in total. The molecule has 1 rings (SSSR count). The molecule has 0 amide bonds. The van der Waals surface area contributed by atoms with Gasteiger partial charge in [-0.1, -0.05) is 0 Å². The predicted octanol–water partition coefficient (Wildman–Crippen LogP) is 2.22. The van der Waals surface area contributed by atoms with Crippen LogP contribution in [-0.2, 0) is 6.54 Å². The molecule has 5 heteroatoms. The molecule has 0 aromatic carbocycles. The molecule has 0 unspecified atom stereocenters. The Kier molecular flexibility index (Phi) is 3.89. The quantitative estimate of drug-likeness (QED) is 0.848. The molecule has 0 bridgehead atoms. The van der Waals surface area contributed by atoms with Gasteiger partial charge in [0.25, 0.3) is 0 Å². The molecule has 1 heterocycles. The first-order valence-corrected chi connectivity index (χ1v) is 5.54. The van der Waals surface area contributed by atoms with Crippen molar-refractivity contribution in [2.75, 3.05) is 0 Å². The smallest absolute Gasteiger partial charge is 0.339 e. The number of hydrogen-bond acceptors (Lipinski definition) is 3. The number of rotatable bonds is 5. The summed E-state index contributed by atoms with van der Waals surface area (Å²) in [6, 6.07) is 2.24. The second-order valence-corrected chi connectivity index (χ2v) is 4.80. The Balaban J connectivity index is 2.57. The largest absolute Gasteiger partial charge is 0.478 e. The van der Waals surface area contributed by atoms with Gasteiger partial charge in [0, 0.05) is 12.7 Å². The fraction of sp³-hybridized carbons (Fsp3) is 0.583. The molecule has 0 fully saturated rings. The van der Waals surface area contributed by atoms with E-state index in [1.54, 1.807) is 11.6 Å². The summed E-state index contributed by atoms with van der Waals surface area (Å²) in [5.41, 5.74) is 0.430. The molecule has 5 nitrogen and oxygen atoms in total. The Hall–Kier alpha value is -1.83. The third kappa shape index (κ3) is 3.59. The lowest BCUT2D eigenvalue weighted by Gasteiger charge is -2.14. The predicted molar refractivity (Wildman–Crippen MR) is 62.6 cm³/mol. The van der Waals surface area contributed by atoms with Gasteiger partial charge in [0.15, 0.2) is 0 Å². The van der Waals surface area contributed by atoms with Gasteiger partial charge in [-0.25, -0.2) is 4.79 Å². The number of aromatic carboxylic acids is 1. The zero-order valence-electron chi connectivity index (χ0n) is 10.4. The van der Waals surface area contributed by atoms with Gasteiger partial charge in [0.2, 0.25) is 0 Å². The molecule has 0 saturated carbocycles. The molecule has 0 radical (unpaired) electrons. The first-order valence-electron chi connectivity index (χ1n) is 5.54. The van der Waals surface area contributed by atoms with Crippen molar-refractivity contribution in [2.45, 2.75) is 40.2 Å². The van der Waals surface area contributed by atoms with Crippen LogP contribution in [0.2, 0.25) is 0 Å². The van der Waals surface area contributed by atoms with Crippen LogP contribution in [0.3, 0.4) is 0 Å². The van der Waals surface area contributed by atoms with E-state index in [1.165, 1.54) is 6.20 Å². The summed E-state index contributed by atoms with van der Waals surface area (Å²) in [7, 11) is 0. The van der Waals surface area contributed by atoms with Crippen LogP contribution in [0.25, 0.3) is 0 Å². The number of nitriles is 1. The van der Waals surface area contributed by atoms with Crippen LogP contribution in [0.4, 0.5) is 0 Å². The number of aromatic nitrogens is 2. The molecule has 17 heavy (non-hydrogen) atoms. The van der Waals surface area contributed by atoms with E-state index >= 15 is 0 Å². The summed E-state index contributed by atoms with van der Waals surface area (Å²) in [5, 5.41) is 21.9. The molecule has 0 spiro atoms. The second kappa shape index (κ2) is 5.00. The molecule has 1 aromatic heterocycles. The van der Waals surface area contributed by atoms with Gasteiger partial charge in [-0.15, -0.1) is 0 Å². The molecule has 0 aliphatic heterocycles. The molecular formula is C12H17N3O2. The number of aryl methyl sites for hydroxylation is 2. The Bertz CT molecular complexity index is 455. The fourth-order valence-electron chi connectivity index (χ4n) is 1.58. The van der Waals surface area contributed by atoms with Gasteiger partial charge in [-0.05, 0) is 33.6 Å². The van der Waals surface area contributed by atoms with Crippen molar-refractivity contribution in [1.82, 2.24) is 9.78 Å². The van der Waals surface area contributed by atoms with Gasteiger partial charge in [-0.2, -0.15) is 10.4 Å². The Labute approximate surface area is 101 Å². The first kappa shape index (κ1) is 13.2. The Morgan fingerprint density at radius 1 is 1.65 bits per heavy atom. The third-order valence-corrected chi connectivity index (χ3v) is 2.67. The lowest BCUT2D eigenvalue weighted by atomic mass is 9.90. The van der Waals surface area contributed by atoms with E-state index in [4.69, 9.17) is 10.4 Å². The van der Waals surface area contributed by atoms with E-state index in [9.17, 15) is 4.79 Å². The van der Waals surface area contributed by atoms with Crippen LogP contribution in [-0.4, -0.2) is 20.9 Å². The van der Waals surface area contributed by atoms with Gasteiger partial charge < -0.3 is 5.11 Å². The topological polar surface area (TPSA) is 78.9 Å². The van der Waals surface area contributed by atoms with Gasteiger partial charge in [0.05, 0.1) is 17.2 Å². The average Bonchev–Trinajstić information content (AvgIpc) is 2.59. The van der Waals surface area contributed by atoms with Crippen molar-refractivity contribution in [3.05, 3.63) is 17.5 Å². The van der Waals surface area contributed by atoms with Crippen LogP contribution < -0.4 is 0 Å². The minimum Gasteiger partial charge on any atom is -0.478 e. The summed E-state index contributed by atoms with van der Waals surface area (Å²) < 4.78 is 1.63. The number of hydrogen-bond donors (Lipinski definition) is 1. The molecule has 0 atom stereocenters. The zero-order chi connectivity index (χ0) is 13.1. The molecule has 92 valence electrons. The Morgan fingerprint density at radius 3 is 2.76 bits per heavy atom. The van der Waals surface area contributed by atoms with Crippen molar-refractivity contribution in [2.24, 2.45) is 5.41 Å². The highest BCUT2D eigenvalue weighted by molar-refractivity contribution is 5.88. The maximum atomic E-state index is 10.8. The van der Waals surface area contributed by atoms with Crippen molar-refractivity contribution in [1.29, 1.82) is 5.26 Å². The molecular weight excluding hydrogens is 218 g/mol. The molecule has 0 aliphatic rings. The summed E-state index contributed by atoms with van der Waals surface area (Å²) in [6.45, 7) is 6.10. The van der Waals surface area contributed by atoms with Crippen molar-refractivity contribution < 1.29 is 9.90 Å². The van der Waals surface area contributed by atoms with Crippen molar-refractivity contribution in [3.8, 4) is 6.07 Å². The number of nitrogens with zero attached hydrogens (tertiary/aromatic N) is 3. The summed E-state index contributed by atoms with van der Waals surface area (Å²) in [6.07, 6.45) is 3.11.